The molecule has 0 unspecified atom stereocenters. The summed E-state index contributed by atoms with van der Waals surface area (Å²) in [7, 11) is 5.86. The predicted octanol–water partition coefficient (Wildman–Crippen LogP) is 3.69. The van der Waals surface area contributed by atoms with Gasteiger partial charge >= 0.3 is 0 Å². The number of hydrogen-bond acceptors (Lipinski definition) is 2. The molecule has 0 aliphatic carbocycles. The summed E-state index contributed by atoms with van der Waals surface area (Å²) < 4.78 is 5.50. The average Bonchev–Trinajstić information content (AvgIpc) is 2.49. The molecule has 0 amide bonds. The van der Waals surface area contributed by atoms with Gasteiger partial charge < -0.3 is 9.64 Å². The SMILES string of the molecule is COc1ccccc1C(=CCN(C)C)c1ccccc1. The zero-order valence-electron chi connectivity index (χ0n) is 12.3. The third-order valence-electron chi connectivity index (χ3n) is 3.14. The van der Waals surface area contributed by atoms with Gasteiger partial charge in [0.25, 0.3) is 0 Å². The number of ether oxygens (including phenoxy) is 1. The molecule has 0 aromatic heterocycles. The van der Waals surface area contributed by atoms with Gasteiger partial charge in [-0.3, -0.25) is 0 Å². The molecule has 0 saturated heterocycles. The van der Waals surface area contributed by atoms with Gasteiger partial charge in [0.05, 0.1) is 7.11 Å². The molecule has 2 aromatic rings. The van der Waals surface area contributed by atoms with Crippen molar-refractivity contribution in [3.05, 3.63) is 71.8 Å². The van der Waals surface area contributed by atoms with Crippen LogP contribution in [0, 0.1) is 0 Å². The maximum atomic E-state index is 5.50. The molecule has 0 aliphatic rings. The first kappa shape index (κ1) is 14.4. The van der Waals surface area contributed by atoms with Gasteiger partial charge in [-0.25, -0.2) is 0 Å². The number of likely N-dealkylation sites (N-methyl/N-ethyl adjacent to an activating group) is 1. The number of rotatable bonds is 5. The summed E-state index contributed by atoms with van der Waals surface area (Å²) in [5, 5.41) is 0. The number of para-hydroxylation sites is 1. The number of methoxy groups -OCH3 is 1. The molecule has 0 aliphatic heterocycles. The lowest BCUT2D eigenvalue weighted by Gasteiger charge is -2.14. The molecule has 20 heavy (non-hydrogen) atoms. The number of hydrogen-bond donors (Lipinski definition) is 0. The zero-order chi connectivity index (χ0) is 14.4. The fourth-order valence-electron chi connectivity index (χ4n) is 2.14. The van der Waals surface area contributed by atoms with Gasteiger partial charge in [0, 0.05) is 12.1 Å². The van der Waals surface area contributed by atoms with Crippen LogP contribution >= 0.6 is 0 Å². The molecule has 0 atom stereocenters. The van der Waals surface area contributed by atoms with Crippen molar-refractivity contribution >= 4 is 5.57 Å². The molecule has 0 saturated carbocycles. The Labute approximate surface area is 121 Å². The summed E-state index contributed by atoms with van der Waals surface area (Å²) in [6, 6.07) is 18.6. The Kier molecular flexibility index (Phi) is 4.97. The highest BCUT2D eigenvalue weighted by molar-refractivity contribution is 5.82. The lowest BCUT2D eigenvalue weighted by molar-refractivity contribution is 0.413. The summed E-state index contributed by atoms with van der Waals surface area (Å²) in [4.78, 5) is 2.15. The lowest BCUT2D eigenvalue weighted by Crippen LogP contribution is -2.11. The zero-order valence-corrected chi connectivity index (χ0v) is 12.3. The molecule has 2 heteroatoms. The van der Waals surface area contributed by atoms with E-state index in [2.05, 4.69) is 55.4 Å². The van der Waals surface area contributed by atoms with E-state index in [0.29, 0.717) is 0 Å². The van der Waals surface area contributed by atoms with Crippen molar-refractivity contribution in [2.75, 3.05) is 27.7 Å². The molecule has 0 spiro atoms. The monoisotopic (exact) mass is 267 g/mol. The van der Waals surface area contributed by atoms with Gasteiger partial charge in [0.2, 0.25) is 0 Å². The minimum atomic E-state index is 0.891. The van der Waals surface area contributed by atoms with Crippen LogP contribution in [-0.2, 0) is 0 Å². The quantitative estimate of drug-likeness (QED) is 0.819. The molecule has 0 heterocycles. The molecule has 2 rings (SSSR count). The van der Waals surface area contributed by atoms with Crippen LogP contribution in [0.3, 0.4) is 0 Å². The van der Waals surface area contributed by atoms with Gasteiger partial charge in [-0.05, 0) is 31.3 Å². The van der Waals surface area contributed by atoms with Gasteiger partial charge in [-0.15, -0.1) is 0 Å². The van der Waals surface area contributed by atoms with Gasteiger partial charge in [-0.1, -0.05) is 54.6 Å². The van der Waals surface area contributed by atoms with Crippen LogP contribution in [0.4, 0.5) is 0 Å². The molecule has 0 radical (unpaired) electrons. The second-order valence-electron chi connectivity index (χ2n) is 4.95. The van der Waals surface area contributed by atoms with Crippen molar-refractivity contribution in [1.82, 2.24) is 4.90 Å². The van der Waals surface area contributed by atoms with Crippen molar-refractivity contribution in [1.29, 1.82) is 0 Å². The summed E-state index contributed by atoms with van der Waals surface area (Å²) in [5.41, 5.74) is 3.54. The first-order valence-corrected chi connectivity index (χ1v) is 6.76. The average molecular weight is 267 g/mol. The fourth-order valence-corrected chi connectivity index (χ4v) is 2.14. The lowest BCUT2D eigenvalue weighted by atomic mass is 9.96. The summed E-state index contributed by atoms with van der Waals surface area (Å²) in [6.07, 6.45) is 2.24. The third kappa shape index (κ3) is 3.49. The maximum Gasteiger partial charge on any atom is 0.126 e. The van der Waals surface area contributed by atoms with Crippen LogP contribution in [0.5, 0.6) is 5.75 Å². The van der Waals surface area contributed by atoms with E-state index in [-0.39, 0.29) is 0 Å². The van der Waals surface area contributed by atoms with Crippen LogP contribution in [0.2, 0.25) is 0 Å². The standard InChI is InChI=1S/C18H21NO/c1-19(2)14-13-16(15-9-5-4-6-10-15)17-11-7-8-12-18(17)20-3/h4-13H,14H2,1-3H3. The van der Waals surface area contributed by atoms with Gasteiger partial charge in [0.15, 0.2) is 0 Å². The number of nitrogens with zero attached hydrogens (tertiary/aromatic N) is 1. The van der Waals surface area contributed by atoms with Crippen LogP contribution in [-0.4, -0.2) is 32.6 Å². The van der Waals surface area contributed by atoms with Crippen molar-refractivity contribution in [2.45, 2.75) is 0 Å². The highest BCUT2D eigenvalue weighted by Gasteiger charge is 2.09. The Hall–Kier alpha value is -2.06. The van der Waals surface area contributed by atoms with E-state index in [0.717, 1.165) is 17.9 Å². The molecule has 0 N–H and O–H groups in total. The van der Waals surface area contributed by atoms with Crippen molar-refractivity contribution in [2.24, 2.45) is 0 Å². The van der Waals surface area contributed by atoms with Crippen molar-refractivity contribution in [3.63, 3.8) is 0 Å². The summed E-state index contributed by atoms with van der Waals surface area (Å²) in [6.45, 7) is 0.891. The maximum absolute atomic E-state index is 5.50. The molecular formula is C18H21NO. The van der Waals surface area contributed by atoms with Crippen LogP contribution in [0.1, 0.15) is 11.1 Å². The number of benzene rings is 2. The predicted molar refractivity (Wildman–Crippen MR) is 85.1 cm³/mol. The van der Waals surface area contributed by atoms with E-state index in [1.54, 1.807) is 7.11 Å². The Morgan fingerprint density at radius 3 is 2.30 bits per heavy atom. The van der Waals surface area contributed by atoms with Crippen LogP contribution < -0.4 is 4.74 Å². The minimum absolute atomic E-state index is 0.891. The van der Waals surface area contributed by atoms with Crippen molar-refractivity contribution in [3.8, 4) is 5.75 Å². The third-order valence-corrected chi connectivity index (χ3v) is 3.14. The summed E-state index contributed by atoms with van der Waals surface area (Å²) in [5.74, 6) is 0.904. The van der Waals surface area contributed by atoms with E-state index in [1.165, 1.54) is 11.1 Å². The molecule has 0 fully saturated rings. The normalized spacial score (nSPS) is 11.7. The molecule has 0 bridgehead atoms. The van der Waals surface area contributed by atoms with Gasteiger partial charge in [-0.2, -0.15) is 0 Å². The van der Waals surface area contributed by atoms with Crippen molar-refractivity contribution < 1.29 is 4.74 Å². The minimum Gasteiger partial charge on any atom is -0.496 e. The fraction of sp³-hybridized carbons (Fsp3) is 0.222. The highest BCUT2D eigenvalue weighted by Crippen LogP contribution is 2.30. The highest BCUT2D eigenvalue weighted by atomic mass is 16.5. The van der Waals surface area contributed by atoms with E-state index < -0.39 is 0 Å². The first-order chi connectivity index (χ1) is 9.72. The van der Waals surface area contributed by atoms with E-state index in [4.69, 9.17) is 4.74 Å². The summed E-state index contributed by atoms with van der Waals surface area (Å²) >= 11 is 0. The second kappa shape index (κ2) is 6.92. The van der Waals surface area contributed by atoms with E-state index in [9.17, 15) is 0 Å². The Morgan fingerprint density at radius 2 is 1.65 bits per heavy atom. The Bertz CT molecular complexity index is 573. The molecular weight excluding hydrogens is 246 g/mol. The van der Waals surface area contributed by atoms with E-state index >= 15 is 0 Å². The van der Waals surface area contributed by atoms with E-state index in [1.807, 2.05) is 24.3 Å². The van der Waals surface area contributed by atoms with Crippen LogP contribution in [0.25, 0.3) is 5.57 Å². The molecule has 2 aromatic carbocycles. The first-order valence-electron chi connectivity index (χ1n) is 6.76. The van der Waals surface area contributed by atoms with Crippen LogP contribution in [0.15, 0.2) is 60.7 Å². The Morgan fingerprint density at radius 1 is 1.00 bits per heavy atom. The molecule has 2 nitrogen and oxygen atoms in total. The van der Waals surface area contributed by atoms with Gasteiger partial charge in [0.1, 0.15) is 5.75 Å². The second-order valence-corrected chi connectivity index (χ2v) is 4.95. The topological polar surface area (TPSA) is 12.5 Å². The molecule has 104 valence electrons. The Balaban J connectivity index is 2.49. The largest absolute Gasteiger partial charge is 0.496 e. The smallest absolute Gasteiger partial charge is 0.126 e.